The number of ether oxygens (including phenoxy) is 1. The molecule has 144 valence electrons. The number of rotatable bonds is 8. The summed E-state index contributed by atoms with van der Waals surface area (Å²) in [5.74, 6) is 1.17. The molecule has 0 bridgehead atoms. The van der Waals surface area contributed by atoms with Crippen LogP contribution in [0, 0.1) is 6.92 Å². The third kappa shape index (κ3) is 6.32. The van der Waals surface area contributed by atoms with E-state index in [2.05, 4.69) is 5.32 Å². The third-order valence-corrected chi connectivity index (χ3v) is 5.28. The molecule has 0 radical (unpaired) electrons. The molecule has 0 fully saturated rings. The summed E-state index contributed by atoms with van der Waals surface area (Å²) in [6, 6.07) is 15.3. The van der Waals surface area contributed by atoms with Crippen LogP contribution in [0.25, 0.3) is 0 Å². The van der Waals surface area contributed by atoms with Crippen LogP contribution in [0.3, 0.4) is 0 Å². The summed E-state index contributed by atoms with van der Waals surface area (Å²) in [6.07, 6.45) is 0. The number of thioether (sulfide) groups is 1. The van der Waals surface area contributed by atoms with Crippen LogP contribution in [0.15, 0.2) is 48.5 Å². The number of carbonyl (C=O) groups excluding carboxylic acids is 2. The lowest BCUT2D eigenvalue weighted by molar-refractivity contribution is -0.128. The van der Waals surface area contributed by atoms with E-state index < -0.39 is 0 Å². The largest absolute Gasteiger partial charge is 0.497 e. The highest BCUT2D eigenvalue weighted by Crippen LogP contribution is 2.22. The lowest BCUT2D eigenvalue weighted by atomic mass is 10.1. The van der Waals surface area contributed by atoms with Crippen LogP contribution in [0.5, 0.6) is 5.75 Å². The van der Waals surface area contributed by atoms with Gasteiger partial charge in [0.1, 0.15) is 5.75 Å². The predicted molar refractivity (Wildman–Crippen MR) is 111 cm³/mol. The van der Waals surface area contributed by atoms with Crippen molar-refractivity contribution in [3.05, 3.63) is 59.7 Å². The Morgan fingerprint density at radius 3 is 2.30 bits per heavy atom. The van der Waals surface area contributed by atoms with Gasteiger partial charge < -0.3 is 15.0 Å². The van der Waals surface area contributed by atoms with Gasteiger partial charge >= 0.3 is 0 Å². The summed E-state index contributed by atoms with van der Waals surface area (Å²) in [4.78, 5) is 26.1. The number of carbonyl (C=O) groups is 2. The first kappa shape index (κ1) is 20.8. The first-order valence-corrected chi connectivity index (χ1v) is 9.90. The SMILES string of the molecule is COc1ccc(C(C)N(C)C(=O)CSCC(=O)Nc2ccc(C)cc2)cc1. The zero-order chi connectivity index (χ0) is 19.8. The lowest BCUT2D eigenvalue weighted by Gasteiger charge is -2.25. The minimum absolute atomic E-state index is 0.00791. The van der Waals surface area contributed by atoms with Crippen molar-refractivity contribution in [3.8, 4) is 5.75 Å². The van der Waals surface area contributed by atoms with Gasteiger partial charge in [0.25, 0.3) is 0 Å². The average molecular weight is 387 g/mol. The van der Waals surface area contributed by atoms with E-state index in [4.69, 9.17) is 4.74 Å². The fraction of sp³-hybridized carbons (Fsp3) is 0.333. The van der Waals surface area contributed by atoms with Crippen LogP contribution in [0.4, 0.5) is 5.69 Å². The van der Waals surface area contributed by atoms with Crippen molar-refractivity contribution in [1.82, 2.24) is 4.90 Å². The van der Waals surface area contributed by atoms with Crippen molar-refractivity contribution in [2.24, 2.45) is 0 Å². The molecule has 5 nitrogen and oxygen atoms in total. The minimum atomic E-state index is -0.109. The highest BCUT2D eigenvalue weighted by atomic mass is 32.2. The van der Waals surface area contributed by atoms with Gasteiger partial charge in [-0.1, -0.05) is 29.8 Å². The molecule has 1 N–H and O–H groups in total. The second-order valence-electron chi connectivity index (χ2n) is 6.36. The Labute approximate surface area is 165 Å². The fourth-order valence-corrected chi connectivity index (χ4v) is 3.23. The van der Waals surface area contributed by atoms with Crippen molar-refractivity contribution < 1.29 is 14.3 Å². The molecule has 0 aliphatic carbocycles. The number of methoxy groups -OCH3 is 1. The van der Waals surface area contributed by atoms with Gasteiger partial charge in [0, 0.05) is 12.7 Å². The van der Waals surface area contributed by atoms with Gasteiger partial charge in [0.2, 0.25) is 11.8 Å². The summed E-state index contributed by atoms with van der Waals surface area (Å²) in [6.45, 7) is 3.98. The Morgan fingerprint density at radius 1 is 1.07 bits per heavy atom. The molecule has 1 atom stereocenters. The van der Waals surface area contributed by atoms with Gasteiger partial charge in [-0.2, -0.15) is 0 Å². The number of hydrogen-bond acceptors (Lipinski definition) is 4. The summed E-state index contributed by atoms with van der Waals surface area (Å²) in [7, 11) is 3.41. The third-order valence-electron chi connectivity index (χ3n) is 4.37. The van der Waals surface area contributed by atoms with Crippen LogP contribution in [0.1, 0.15) is 24.1 Å². The van der Waals surface area contributed by atoms with Crippen LogP contribution in [-0.4, -0.2) is 42.4 Å². The summed E-state index contributed by atoms with van der Waals surface area (Å²) >= 11 is 1.32. The van der Waals surface area contributed by atoms with E-state index in [-0.39, 0.29) is 29.4 Å². The molecule has 0 aromatic heterocycles. The summed E-state index contributed by atoms with van der Waals surface area (Å²) in [5.41, 5.74) is 2.94. The highest BCUT2D eigenvalue weighted by molar-refractivity contribution is 8.00. The molecular formula is C21H26N2O3S. The zero-order valence-electron chi connectivity index (χ0n) is 16.2. The smallest absolute Gasteiger partial charge is 0.234 e. The van der Waals surface area contributed by atoms with Gasteiger partial charge in [-0.25, -0.2) is 0 Å². The Bertz CT molecular complexity index is 760. The molecular weight excluding hydrogens is 360 g/mol. The average Bonchev–Trinajstić information content (AvgIpc) is 2.68. The molecule has 6 heteroatoms. The highest BCUT2D eigenvalue weighted by Gasteiger charge is 2.17. The van der Waals surface area contributed by atoms with Gasteiger partial charge in [0.15, 0.2) is 0 Å². The van der Waals surface area contributed by atoms with E-state index in [0.29, 0.717) is 0 Å². The maximum absolute atomic E-state index is 12.4. The summed E-state index contributed by atoms with van der Waals surface area (Å²) in [5, 5.41) is 2.83. The number of nitrogens with zero attached hydrogens (tertiary/aromatic N) is 1. The molecule has 2 amide bonds. The van der Waals surface area contributed by atoms with E-state index in [9.17, 15) is 9.59 Å². The van der Waals surface area contributed by atoms with Gasteiger partial charge in [0.05, 0.1) is 24.7 Å². The van der Waals surface area contributed by atoms with E-state index in [0.717, 1.165) is 22.6 Å². The van der Waals surface area contributed by atoms with E-state index in [1.807, 2.05) is 62.4 Å². The number of amides is 2. The minimum Gasteiger partial charge on any atom is -0.497 e. The molecule has 0 aliphatic heterocycles. The van der Waals surface area contributed by atoms with Crippen molar-refractivity contribution >= 4 is 29.3 Å². The molecule has 2 rings (SSSR count). The van der Waals surface area contributed by atoms with Crippen molar-refractivity contribution in [1.29, 1.82) is 0 Å². The number of anilines is 1. The standard InChI is InChI=1S/C21H26N2O3S/c1-15-5-9-18(10-6-15)22-20(24)13-27-14-21(25)23(3)16(2)17-7-11-19(26-4)12-8-17/h5-12,16H,13-14H2,1-4H3,(H,22,24). The molecule has 0 saturated carbocycles. The maximum atomic E-state index is 12.4. The molecule has 27 heavy (non-hydrogen) atoms. The Morgan fingerprint density at radius 2 is 1.70 bits per heavy atom. The van der Waals surface area contributed by atoms with Crippen LogP contribution in [0.2, 0.25) is 0 Å². The second-order valence-corrected chi connectivity index (χ2v) is 7.35. The number of nitrogens with one attached hydrogen (secondary N) is 1. The van der Waals surface area contributed by atoms with Crippen LogP contribution < -0.4 is 10.1 Å². The van der Waals surface area contributed by atoms with E-state index in [1.165, 1.54) is 11.8 Å². The molecule has 0 spiro atoms. The predicted octanol–water partition coefficient (Wildman–Crippen LogP) is 3.89. The van der Waals surface area contributed by atoms with Crippen LogP contribution >= 0.6 is 11.8 Å². The second kappa shape index (κ2) is 10.0. The molecule has 2 aromatic carbocycles. The first-order chi connectivity index (χ1) is 12.9. The molecule has 1 unspecified atom stereocenters. The Kier molecular flexibility index (Phi) is 7.73. The number of benzene rings is 2. The zero-order valence-corrected chi connectivity index (χ0v) is 17.0. The Balaban J connectivity index is 1.78. The fourth-order valence-electron chi connectivity index (χ4n) is 2.49. The van der Waals surface area contributed by atoms with E-state index in [1.54, 1.807) is 19.1 Å². The monoisotopic (exact) mass is 386 g/mol. The first-order valence-electron chi connectivity index (χ1n) is 8.74. The van der Waals surface area contributed by atoms with Gasteiger partial charge in [-0.05, 0) is 43.7 Å². The lowest BCUT2D eigenvalue weighted by Crippen LogP contribution is -2.31. The van der Waals surface area contributed by atoms with Crippen molar-refractivity contribution in [3.63, 3.8) is 0 Å². The normalized spacial score (nSPS) is 11.6. The molecule has 0 heterocycles. The van der Waals surface area contributed by atoms with Crippen LogP contribution in [-0.2, 0) is 9.59 Å². The summed E-state index contributed by atoms with van der Waals surface area (Å²) < 4.78 is 5.16. The van der Waals surface area contributed by atoms with Gasteiger partial charge in [-0.15, -0.1) is 11.8 Å². The van der Waals surface area contributed by atoms with E-state index >= 15 is 0 Å². The molecule has 0 aliphatic rings. The number of hydrogen-bond donors (Lipinski definition) is 1. The Hall–Kier alpha value is -2.47. The molecule has 0 saturated heterocycles. The number of aryl methyl sites for hydroxylation is 1. The van der Waals surface area contributed by atoms with Crippen molar-refractivity contribution in [2.75, 3.05) is 31.0 Å². The molecule has 2 aromatic rings. The maximum Gasteiger partial charge on any atom is 0.234 e. The quantitative estimate of drug-likeness (QED) is 0.748. The topological polar surface area (TPSA) is 58.6 Å². The van der Waals surface area contributed by atoms with Crippen molar-refractivity contribution in [2.45, 2.75) is 19.9 Å². The van der Waals surface area contributed by atoms with Gasteiger partial charge in [-0.3, -0.25) is 9.59 Å².